The molecule has 0 bridgehead atoms. The molecule has 36 heavy (non-hydrogen) atoms. The Morgan fingerprint density at radius 3 is 2.53 bits per heavy atom. The molecule has 1 aromatic heterocycles. The van der Waals surface area contributed by atoms with Crippen molar-refractivity contribution in [1.82, 2.24) is 9.80 Å². The highest BCUT2D eigenvalue weighted by atomic mass is 32.1. The first-order chi connectivity index (χ1) is 17.5. The number of thiophene rings is 1. The monoisotopic (exact) mass is 503 g/mol. The predicted molar refractivity (Wildman–Crippen MR) is 139 cm³/mol. The second kappa shape index (κ2) is 10.5. The van der Waals surface area contributed by atoms with Gasteiger partial charge in [-0.2, -0.15) is 0 Å². The molecular weight excluding hydrogens is 474 g/mol. The number of benzene rings is 2. The molecule has 2 atom stereocenters. The van der Waals surface area contributed by atoms with Crippen LogP contribution >= 0.6 is 11.3 Å². The van der Waals surface area contributed by atoms with Crippen LogP contribution in [0.4, 0.5) is 10.5 Å². The minimum absolute atomic E-state index is 0.0920. The number of cyclic esters (lactones) is 1. The van der Waals surface area contributed by atoms with Crippen LogP contribution in [0.3, 0.4) is 0 Å². The Bertz CT molecular complexity index is 1240. The van der Waals surface area contributed by atoms with E-state index < -0.39 is 18.2 Å². The standard InChI is InChI=1S/C28H29N3O4S/c1-19-10-12-20(13-11-19)18-31-24(27(33)30-14-3-2-4-15-30)25(35-28(31)34)21-7-5-8-22(17-21)29-26(32)23-9-6-16-36-23/h5-13,16-17,24-25H,2-4,14-15,18H2,1H3,(H,29,32)/t24-,25+/m0/s1. The number of nitrogens with one attached hydrogen (secondary N) is 1. The third-order valence-electron chi connectivity index (χ3n) is 6.70. The maximum absolute atomic E-state index is 13.8. The third kappa shape index (κ3) is 5.14. The van der Waals surface area contributed by atoms with Crippen molar-refractivity contribution >= 4 is 34.9 Å². The number of hydrogen-bond acceptors (Lipinski definition) is 5. The van der Waals surface area contributed by atoms with Crippen LogP contribution in [-0.2, 0) is 16.1 Å². The molecular formula is C28H29N3O4S. The van der Waals surface area contributed by atoms with E-state index in [1.54, 1.807) is 29.2 Å². The summed E-state index contributed by atoms with van der Waals surface area (Å²) in [6.45, 7) is 3.67. The van der Waals surface area contributed by atoms with Gasteiger partial charge in [0.25, 0.3) is 5.91 Å². The molecule has 3 heterocycles. The zero-order valence-corrected chi connectivity index (χ0v) is 21.0. The van der Waals surface area contributed by atoms with E-state index in [1.807, 2.05) is 53.6 Å². The van der Waals surface area contributed by atoms with Crippen LogP contribution in [0.15, 0.2) is 66.0 Å². The lowest BCUT2D eigenvalue weighted by molar-refractivity contribution is -0.137. The lowest BCUT2D eigenvalue weighted by Crippen LogP contribution is -2.49. The largest absolute Gasteiger partial charge is 0.438 e. The first-order valence-corrected chi connectivity index (χ1v) is 13.1. The van der Waals surface area contributed by atoms with Gasteiger partial charge >= 0.3 is 6.09 Å². The molecule has 2 aromatic carbocycles. The Morgan fingerprint density at radius 2 is 1.81 bits per heavy atom. The van der Waals surface area contributed by atoms with E-state index in [2.05, 4.69) is 5.32 Å². The fourth-order valence-corrected chi connectivity index (χ4v) is 5.40. The summed E-state index contributed by atoms with van der Waals surface area (Å²) in [5.41, 5.74) is 3.33. The average molecular weight is 504 g/mol. The molecule has 8 heteroatoms. The summed E-state index contributed by atoms with van der Waals surface area (Å²) in [7, 11) is 0. The van der Waals surface area contributed by atoms with Gasteiger partial charge in [-0.1, -0.05) is 48.0 Å². The first kappa shape index (κ1) is 24.1. The normalized spacial score (nSPS) is 19.8. The van der Waals surface area contributed by atoms with Gasteiger partial charge in [-0.3, -0.25) is 14.5 Å². The van der Waals surface area contributed by atoms with Crippen molar-refractivity contribution in [3.05, 3.63) is 87.6 Å². The Hall–Kier alpha value is -3.65. The zero-order chi connectivity index (χ0) is 25.1. The summed E-state index contributed by atoms with van der Waals surface area (Å²) in [5, 5.41) is 4.76. The first-order valence-electron chi connectivity index (χ1n) is 12.3. The van der Waals surface area contributed by atoms with Gasteiger partial charge in [-0.25, -0.2) is 4.79 Å². The van der Waals surface area contributed by atoms with Crippen LogP contribution < -0.4 is 5.32 Å². The molecule has 3 amide bonds. The zero-order valence-electron chi connectivity index (χ0n) is 20.2. The van der Waals surface area contributed by atoms with Gasteiger partial charge in [0.15, 0.2) is 12.1 Å². The Morgan fingerprint density at radius 1 is 1.03 bits per heavy atom. The predicted octanol–water partition coefficient (Wildman–Crippen LogP) is 5.38. The number of piperidine rings is 1. The number of rotatable bonds is 6. The van der Waals surface area contributed by atoms with Gasteiger partial charge < -0.3 is 15.0 Å². The number of carbonyl (C=O) groups is 3. The molecule has 1 N–H and O–H groups in total. The molecule has 0 aliphatic carbocycles. The van der Waals surface area contributed by atoms with Crippen molar-refractivity contribution in [3.63, 3.8) is 0 Å². The second-order valence-electron chi connectivity index (χ2n) is 9.31. The van der Waals surface area contributed by atoms with Crippen LogP contribution in [0.1, 0.15) is 51.7 Å². The van der Waals surface area contributed by atoms with Crippen molar-refractivity contribution in [2.75, 3.05) is 18.4 Å². The maximum Gasteiger partial charge on any atom is 0.411 e. The molecule has 2 aliphatic heterocycles. The van der Waals surface area contributed by atoms with Crippen molar-refractivity contribution in [2.45, 2.75) is 44.9 Å². The Balaban J connectivity index is 1.43. The molecule has 0 unspecified atom stereocenters. The van der Waals surface area contributed by atoms with E-state index in [1.165, 1.54) is 11.3 Å². The summed E-state index contributed by atoms with van der Waals surface area (Å²) in [5.74, 6) is -0.293. The van der Waals surface area contributed by atoms with E-state index in [4.69, 9.17) is 4.74 Å². The molecule has 0 spiro atoms. The van der Waals surface area contributed by atoms with Crippen LogP contribution in [0.2, 0.25) is 0 Å². The van der Waals surface area contributed by atoms with Gasteiger partial charge in [-0.15, -0.1) is 11.3 Å². The number of carbonyl (C=O) groups excluding carboxylic acids is 3. The fourth-order valence-electron chi connectivity index (χ4n) is 4.78. The fraction of sp³-hybridized carbons (Fsp3) is 0.321. The quantitative estimate of drug-likeness (QED) is 0.490. The minimum atomic E-state index is -0.778. The third-order valence-corrected chi connectivity index (χ3v) is 7.57. The smallest absolute Gasteiger partial charge is 0.411 e. The molecule has 2 aliphatic rings. The second-order valence-corrected chi connectivity index (χ2v) is 10.3. The number of amides is 3. The molecule has 0 radical (unpaired) electrons. The Labute approximate surface area is 214 Å². The lowest BCUT2D eigenvalue weighted by atomic mass is 9.98. The van der Waals surface area contributed by atoms with Crippen LogP contribution in [-0.4, -0.2) is 46.8 Å². The summed E-state index contributed by atoms with van der Waals surface area (Å²) < 4.78 is 5.84. The van der Waals surface area contributed by atoms with Gasteiger partial charge in [-0.05, 0) is 60.9 Å². The molecule has 5 rings (SSSR count). The molecule has 2 fully saturated rings. The van der Waals surface area contributed by atoms with Gasteiger partial charge in [0.1, 0.15) is 0 Å². The summed E-state index contributed by atoms with van der Waals surface area (Å²) in [6, 6.07) is 18.0. The van der Waals surface area contributed by atoms with Crippen molar-refractivity contribution < 1.29 is 19.1 Å². The molecule has 186 valence electrons. The van der Waals surface area contributed by atoms with Gasteiger partial charge in [0, 0.05) is 18.8 Å². The van der Waals surface area contributed by atoms with Crippen LogP contribution in [0, 0.1) is 6.92 Å². The molecule has 7 nitrogen and oxygen atoms in total. The molecule has 2 saturated heterocycles. The highest BCUT2D eigenvalue weighted by Crippen LogP contribution is 2.36. The van der Waals surface area contributed by atoms with Gasteiger partial charge in [0.05, 0.1) is 11.4 Å². The highest BCUT2D eigenvalue weighted by Gasteiger charge is 2.48. The van der Waals surface area contributed by atoms with E-state index in [0.717, 1.165) is 30.4 Å². The summed E-state index contributed by atoms with van der Waals surface area (Å²) >= 11 is 1.36. The number of hydrogen-bond donors (Lipinski definition) is 1. The van der Waals surface area contributed by atoms with Crippen molar-refractivity contribution in [2.24, 2.45) is 0 Å². The average Bonchev–Trinajstić information content (AvgIpc) is 3.55. The van der Waals surface area contributed by atoms with Gasteiger partial charge in [0.2, 0.25) is 5.91 Å². The Kier molecular flexibility index (Phi) is 7.04. The number of anilines is 1. The highest BCUT2D eigenvalue weighted by molar-refractivity contribution is 7.12. The minimum Gasteiger partial charge on any atom is -0.438 e. The van der Waals surface area contributed by atoms with E-state index >= 15 is 0 Å². The van der Waals surface area contributed by atoms with E-state index in [-0.39, 0.29) is 18.4 Å². The van der Waals surface area contributed by atoms with E-state index in [0.29, 0.717) is 29.2 Å². The molecule has 3 aromatic rings. The van der Waals surface area contributed by atoms with E-state index in [9.17, 15) is 14.4 Å². The molecule has 0 saturated carbocycles. The topological polar surface area (TPSA) is 79.0 Å². The van der Waals surface area contributed by atoms with Crippen LogP contribution in [0.5, 0.6) is 0 Å². The summed E-state index contributed by atoms with van der Waals surface area (Å²) in [4.78, 5) is 43.5. The maximum atomic E-state index is 13.8. The van der Waals surface area contributed by atoms with Crippen LogP contribution in [0.25, 0.3) is 0 Å². The number of likely N-dealkylation sites (tertiary alicyclic amines) is 1. The lowest BCUT2D eigenvalue weighted by Gasteiger charge is -2.33. The summed E-state index contributed by atoms with van der Waals surface area (Å²) in [6.07, 6.45) is 1.74. The number of aryl methyl sites for hydroxylation is 1. The van der Waals surface area contributed by atoms with Crippen molar-refractivity contribution in [3.8, 4) is 0 Å². The SMILES string of the molecule is Cc1ccc(CN2C(=O)O[C@H](c3cccc(NC(=O)c4cccs4)c3)[C@H]2C(=O)N2CCCCC2)cc1. The number of nitrogens with zero attached hydrogens (tertiary/aromatic N) is 2. The van der Waals surface area contributed by atoms with Crippen molar-refractivity contribution in [1.29, 1.82) is 0 Å². The number of ether oxygens (including phenoxy) is 1.